The summed E-state index contributed by atoms with van der Waals surface area (Å²) in [5, 5.41) is 0. The van der Waals surface area contributed by atoms with Crippen LogP contribution in [0.25, 0.3) is 17.1 Å². The van der Waals surface area contributed by atoms with E-state index in [1.54, 1.807) is 6.08 Å². The Morgan fingerprint density at radius 1 is 1.07 bits per heavy atom. The van der Waals surface area contributed by atoms with Crippen molar-refractivity contribution in [3.63, 3.8) is 0 Å². The number of para-hydroxylation sites is 2. The van der Waals surface area contributed by atoms with Gasteiger partial charge in [0.05, 0.1) is 11.0 Å². The normalized spacial score (nSPS) is 17.3. The molecular formula is C23H23N3O. The molecule has 27 heavy (non-hydrogen) atoms. The highest BCUT2D eigenvalue weighted by molar-refractivity contribution is 5.81. The highest BCUT2D eigenvalue weighted by Gasteiger charge is 2.33. The third kappa shape index (κ3) is 3.56. The van der Waals surface area contributed by atoms with Crippen molar-refractivity contribution in [2.24, 2.45) is 0 Å². The van der Waals surface area contributed by atoms with Crippen LogP contribution in [0.4, 0.5) is 0 Å². The first kappa shape index (κ1) is 17.3. The lowest BCUT2D eigenvalue weighted by molar-refractivity contribution is -0.127. The van der Waals surface area contributed by atoms with Crippen molar-refractivity contribution in [2.75, 3.05) is 13.1 Å². The fourth-order valence-electron chi connectivity index (χ4n) is 3.73. The molecule has 1 amide bonds. The standard InChI is InChI=1S/C23H23N3O/c1-2-14-25-17-19(16-22(25)27)23-24-20-12-6-7-13-21(20)26(23)15-8-11-18-9-4-3-5-10-18/h2-13,19H,1,14-17H2/b11-8+/t19-/m1/s1. The number of rotatable bonds is 6. The van der Waals surface area contributed by atoms with E-state index in [4.69, 9.17) is 4.98 Å². The number of hydrogen-bond donors (Lipinski definition) is 0. The molecule has 2 aromatic carbocycles. The predicted molar refractivity (Wildman–Crippen MR) is 109 cm³/mol. The molecule has 0 radical (unpaired) electrons. The zero-order valence-electron chi connectivity index (χ0n) is 15.3. The van der Waals surface area contributed by atoms with E-state index in [1.165, 1.54) is 5.56 Å². The summed E-state index contributed by atoms with van der Waals surface area (Å²) < 4.78 is 2.24. The molecule has 0 N–H and O–H groups in total. The fraction of sp³-hybridized carbons (Fsp3) is 0.217. The molecule has 1 fully saturated rings. The van der Waals surface area contributed by atoms with Gasteiger partial charge in [0.25, 0.3) is 0 Å². The molecule has 136 valence electrons. The smallest absolute Gasteiger partial charge is 0.223 e. The molecule has 1 aromatic heterocycles. The van der Waals surface area contributed by atoms with Gasteiger partial charge >= 0.3 is 0 Å². The molecule has 0 saturated carbocycles. The van der Waals surface area contributed by atoms with Crippen LogP contribution in [-0.4, -0.2) is 33.4 Å². The Hall–Kier alpha value is -3.14. The Labute approximate surface area is 159 Å². The van der Waals surface area contributed by atoms with Gasteiger partial charge in [-0.25, -0.2) is 4.98 Å². The number of hydrogen-bond acceptors (Lipinski definition) is 2. The Balaban J connectivity index is 1.65. The van der Waals surface area contributed by atoms with E-state index >= 15 is 0 Å². The Bertz CT molecular complexity index is 987. The van der Waals surface area contributed by atoms with Gasteiger partial charge in [-0.15, -0.1) is 6.58 Å². The molecule has 4 nitrogen and oxygen atoms in total. The quantitative estimate of drug-likeness (QED) is 0.619. The molecular weight excluding hydrogens is 334 g/mol. The second-order valence-electron chi connectivity index (χ2n) is 6.87. The lowest BCUT2D eigenvalue weighted by Crippen LogP contribution is -2.25. The summed E-state index contributed by atoms with van der Waals surface area (Å²) in [6, 6.07) is 18.5. The van der Waals surface area contributed by atoms with Gasteiger partial charge in [-0.2, -0.15) is 0 Å². The minimum atomic E-state index is 0.120. The van der Waals surface area contributed by atoms with E-state index in [1.807, 2.05) is 41.3 Å². The van der Waals surface area contributed by atoms with Gasteiger partial charge < -0.3 is 9.47 Å². The average molecular weight is 357 g/mol. The van der Waals surface area contributed by atoms with Crippen molar-refractivity contribution in [2.45, 2.75) is 18.9 Å². The van der Waals surface area contributed by atoms with Gasteiger partial charge in [0, 0.05) is 32.0 Å². The van der Waals surface area contributed by atoms with Crippen molar-refractivity contribution >= 4 is 23.0 Å². The van der Waals surface area contributed by atoms with Crippen LogP contribution in [0, 0.1) is 0 Å². The first-order chi connectivity index (χ1) is 13.3. The molecule has 4 rings (SSSR count). The zero-order valence-corrected chi connectivity index (χ0v) is 15.3. The number of allylic oxidation sites excluding steroid dienone is 1. The Morgan fingerprint density at radius 2 is 1.85 bits per heavy atom. The Morgan fingerprint density at radius 3 is 2.67 bits per heavy atom. The second-order valence-corrected chi connectivity index (χ2v) is 6.87. The summed E-state index contributed by atoms with van der Waals surface area (Å²) in [6.45, 7) is 5.79. The number of amides is 1. The van der Waals surface area contributed by atoms with Gasteiger partial charge in [-0.3, -0.25) is 4.79 Å². The topological polar surface area (TPSA) is 38.1 Å². The van der Waals surface area contributed by atoms with Gasteiger partial charge in [-0.1, -0.05) is 60.7 Å². The van der Waals surface area contributed by atoms with E-state index < -0.39 is 0 Å². The second kappa shape index (κ2) is 7.62. The van der Waals surface area contributed by atoms with Crippen LogP contribution >= 0.6 is 0 Å². The lowest BCUT2D eigenvalue weighted by Gasteiger charge is -2.15. The average Bonchev–Trinajstić information content (AvgIpc) is 3.24. The number of aromatic nitrogens is 2. The minimum Gasteiger partial charge on any atom is -0.338 e. The maximum Gasteiger partial charge on any atom is 0.223 e. The van der Waals surface area contributed by atoms with Crippen molar-refractivity contribution in [3.05, 3.63) is 84.7 Å². The monoisotopic (exact) mass is 357 g/mol. The summed E-state index contributed by atoms with van der Waals surface area (Å²) >= 11 is 0. The van der Waals surface area contributed by atoms with Gasteiger partial charge in [0.1, 0.15) is 5.82 Å². The number of likely N-dealkylation sites (tertiary alicyclic amines) is 1. The molecule has 4 heteroatoms. The van der Waals surface area contributed by atoms with Crippen molar-refractivity contribution in [1.82, 2.24) is 14.5 Å². The molecule has 0 aliphatic carbocycles. The Kier molecular flexibility index (Phi) is 4.88. The number of carbonyl (C=O) groups is 1. The molecule has 0 bridgehead atoms. The van der Waals surface area contributed by atoms with Crippen molar-refractivity contribution in [3.8, 4) is 0 Å². The molecule has 1 atom stereocenters. The SMILES string of the molecule is C=CCN1C[C@H](c2nc3ccccc3n2C/C=C/c2ccccc2)CC1=O. The molecule has 0 unspecified atom stereocenters. The third-order valence-electron chi connectivity index (χ3n) is 5.01. The van der Waals surface area contributed by atoms with Gasteiger partial charge in [-0.05, 0) is 17.7 Å². The highest BCUT2D eigenvalue weighted by atomic mass is 16.2. The largest absolute Gasteiger partial charge is 0.338 e. The number of nitrogens with zero attached hydrogens (tertiary/aromatic N) is 3. The van der Waals surface area contributed by atoms with E-state index in [2.05, 4.69) is 41.5 Å². The van der Waals surface area contributed by atoms with E-state index in [0.717, 1.165) is 23.4 Å². The molecule has 0 spiro atoms. The number of benzene rings is 2. The molecule has 1 aliphatic rings. The molecule has 2 heterocycles. The fourth-order valence-corrected chi connectivity index (χ4v) is 3.73. The molecule has 1 aliphatic heterocycles. The van der Waals surface area contributed by atoms with Crippen LogP contribution in [0.15, 0.2) is 73.3 Å². The predicted octanol–water partition coefficient (Wildman–Crippen LogP) is 4.25. The van der Waals surface area contributed by atoms with E-state index in [9.17, 15) is 4.79 Å². The van der Waals surface area contributed by atoms with Gasteiger partial charge in [0.15, 0.2) is 0 Å². The van der Waals surface area contributed by atoms with Crippen molar-refractivity contribution < 1.29 is 4.79 Å². The molecule has 1 saturated heterocycles. The maximum atomic E-state index is 12.3. The molecule has 3 aromatic rings. The summed E-state index contributed by atoms with van der Waals surface area (Å²) in [5.74, 6) is 1.29. The third-order valence-corrected chi connectivity index (χ3v) is 5.01. The lowest BCUT2D eigenvalue weighted by atomic mass is 10.1. The van der Waals surface area contributed by atoms with Gasteiger partial charge in [0.2, 0.25) is 5.91 Å². The van der Waals surface area contributed by atoms with Crippen LogP contribution < -0.4 is 0 Å². The van der Waals surface area contributed by atoms with Crippen LogP contribution in [0.5, 0.6) is 0 Å². The van der Waals surface area contributed by atoms with Crippen molar-refractivity contribution in [1.29, 1.82) is 0 Å². The van der Waals surface area contributed by atoms with E-state index in [-0.39, 0.29) is 11.8 Å². The maximum absolute atomic E-state index is 12.3. The van der Waals surface area contributed by atoms with E-state index in [0.29, 0.717) is 19.5 Å². The zero-order chi connectivity index (χ0) is 18.6. The minimum absolute atomic E-state index is 0.120. The summed E-state index contributed by atoms with van der Waals surface area (Å²) in [7, 11) is 0. The van der Waals surface area contributed by atoms with Crippen LogP contribution in [0.2, 0.25) is 0 Å². The summed E-state index contributed by atoms with van der Waals surface area (Å²) in [6.07, 6.45) is 6.58. The number of imidazole rings is 1. The number of carbonyl (C=O) groups excluding carboxylic acids is 1. The summed E-state index contributed by atoms with van der Waals surface area (Å²) in [4.78, 5) is 19.0. The highest BCUT2D eigenvalue weighted by Crippen LogP contribution is 2.30. The van der Waals surface area contributed by atoms with Crippen LogP contribution in [-0.2, 0) is 11.3 Å². The van der Waals surface area contributed by atoms with Crippen LogP contribution in [0.3, 0.4) is 0 Å². The van der Waals surface area contributed by atoms with Crippen LogP contribution in [0.1, 0.15) is 23.7 Å². The summed E-state index contributed by atoms with van der Waals surface area (Å²) in [5.41, 5.74) is 3.27. The first-order valence-electron chi connectivity index (χ1n) is 9.31. The number of fused-ring (bicyclic) bond motifs is 1. The first-order valence-corrected chi connectivity index (χ1v) is 9.31.